The van der Waals surface area contributed by atoms with E-state index in [0.717, 1.165) is 0 Å². The van der Waals surface area contributed by atoms with Gasteiger partial charge < -0.3 is 5.32 Å². The highest BCUT2D eigenvalue weighted by Gasteiger charge is 2.28. The number of nitrogens with one attached hydrogen (secondary N) is 1. The molecule has 2 aromatic rings. The molecule has 0 saturated heterocycles. The molecule has 1 aromatic carbocycles. The second kappa shape index (κ2) is 6.99. The number of hydrogen-bond donors (Lipinski definition) is 1. The Morgan fingerprint density at radius 2 is 1.56 bits per heavy atom. The summed E-state index contributed by atoms with van der Waals surface area (Å²) in [7, 11) is 0. The van der Waals surface area contributed by atoms with E-state index < -0.39 is 46.6 Å². The smallest absolute Gasteiger partial charge is 0.229 e. The summed E-state index contributed by atoms with van der Waals surface area (Å²) in [5.41, 5.74) is -0.277. The lowest BCUT2D eigenvalue weighted by Gasteiger charge is -2.15. The predicted octanol–water partition coefficient (Wildman–Crippen LogP) is 4.12. The van der Waals surface area contributed by atoms with Gasteiger partial charge in [0.05, 0.1) is 28.9 Å². The average molecular weight is 382 g/mol. The summed E-state index contributed by atoms with van der Waals surface area (Å²) in [6, 6.07) is 0. The van der Waals surface area contributed by atoms with Gasteiger partial charge in [0.25, 0.3) is 0 Å². The number of nitrogens with zero attached hydrogens (tertiary/aromatic N) is 2. The van der Waals surface area contributed by atoms with Crippen molar-refractivity contribution < 1.29 is 26.7 Å². The highest BCUT2D eigenvalue weighted by molar-refractivity contribution is 6.31. The average Bonchev–Trinajstić information content (AvgIpc) is 2.81. The quantitative estimate of drug-likeness (QED) is 0.492. The highest BCUT2D eigenvalue weighted by Crippen LogP contribution is 2.27. The molecule has 0 fully saturated rings. The van der Waals surface area contributed by atoms with Crippen LogP contribution in [0.3, 0.4) is 0 Å². The normalized spacial score (nSPS) is 12.4. The van der Waals surface area contributed by atoms with Crippen molar-refractivity contribution in [2.45, 2.75) is 27.3 Å². The van der Waals surface area contributed by atoms with Gasteiger partial charge in [0, 0.05) is 0 Å². The molecule has 4 nitrogen and oxygen atoms in total. The van der Waals surface area contributed by atoms with Gasteiger partial charge in [0.2, 0.25) is 11.7 Å². The van der Waals surface area contributed by atoms with Crippen LogP contribution in [0.4, 0.5) is 27.6 Å². The van der Waals surface area contributed by atoms with E-state index in [1.165, 1.54) is 11.6 Å². The summed E-state index contributed by atoms with van der Waals surface area (Å²) in [5.74, 6) is -12.6. The molecule has 136 valence electrons. The van der Waals surface area contributed by atoms with Gasteiger partial charge in [-0.1, -0.05) is 18.5 Å². The van der Waals surface area contributed by atoms with Gasteiger partial charge in [0.15, 0.2) is 23.3 Å². The lowest BCUT2D eigenvalue weighted by molar-refractivity contribution is -0.119. The molecule has 0 radical (unpaired) electrons. The van der Waals surface area contributed by atoms with Crippen LogP contribution in [0, 0.1) is 48.9 Å². The first-order chi connectivity index (χ1) is 11.6. The van der Waals surface area contributed by atoms with Crippen LogP contribution in [0.25, 0.3) is 0 Å². The number of carbonyl (C=O) groups excluding carboxylic acids is 1. The van der Waals surface area contributed by atoms with Crippen LogP contribution in [0.5, 0.6) is 0 Å². The third kappa shape index (κ3) is 3.46. The zero-order valence-electron chi connectivity index (χ0n) is 13.4. The number of anilines is 1. The molecular formula is C15H13ClF5N3O. The molecule has 1 unspecified atom stereocenters. The lowest BCUT2D eigenvalue weighted by Crippen LogP contribution is -2.27. The van der Waals surface area contributed by atoms with Crippen LogP contribution in [0.2, 0.25) is 5.02 Å². The Balaban J connectivity index is 2.24. The summed E-state index contributed by atoms with van der Waals surface area (Å²) in [4.78, 5) is 12.1. The summed E-state index contributed by atoms with van der Waals surface area (Å²) in [5, 5.41) is 6.25. The molecule has 1 aromatic heterocycles. The van der Waals surface area contributed by atoms with Crippen molar-refractivity contribution in [1.29, 1.82) is 0 Å². The maximum absolute atomic E-state index is 13.6. The summed E-state index contributed by atoms with van der Waals surface area (Å²) in [6.07, 6.45) is 0. The fraction of sp³-hybridized carbons (Fsp3) is 0.333. The number of benzene rings is 1. The van der Waals surface area contributed by atoms with Gasteiger partial charge in [-0.3, -0.25) is 9.48 Å². The van der Waals surface area contributed by atoms with Crippen molar-refractivity contribution in [2.75, 3.05) is 5.32 Å². The van der Waals surface area contributed by atoms with Crippen molar-refractivity contribution in [2.24, 2.45) is 5.92 Å². The van der Waals surface area contributed by atoms with Crippen molar-refractivity contribution in [3.05, 3.63) is 45.5 Å². The van der Waals surface area contributed by atoms with Crippen LogP contribution >= 0.6 is 11.6 Å². The predicted molar refractivity (Wildman–Crippen MR) is 80.7 cm³/mol. The minimum atomic E-state index is -2.29. The van der Waals surface area contributed by atoms with Gasteiger partial charge in [-0.25, -0.2) is 22.0 Å². The Kier molecular flexibility index (Phi) is 5.36. The van der Waals surface area contributed by atoms with E-state index in [1.807, 2.05) is 0 Å². The Labute approximate surface area is 144 Å². The Hall–Kier alpha value is -2.16. The molecule has 1 heterocycles. The van der Waals surface area contributed by atoms with Crippen molar-refractivity contribution in [3.63, 3.8) is 0 Å². The van der Waals surface area contributed by atoms with Gasteiger partial charge in [0.1, 0.15) is 5.69 Å². The van der Waals surface area contributed by atoms with Crippen molar-refractivity contribution >= 4 is 23.2 Å². The van der Waals surface area contributed by atoms with Crippen LogP contribution in [0.1, 0.15) is 18.3 Å². The minimum Gasteiger partial charge on any atom is -0.321 e. The first-order valence-electron chi connectivity index (χ1n) is 7.08. The second-order valence-corrected chi connectivity index (χ2v) is 5.88. The van der Waals surface area contributed by atoms with Gasteiger partial charge in [-0.15, -0.1) is 0 Å². The molecule has 1 amide bonds. The molecule has 0 bridgehead atoms. The number of hydrogen-bond acceptors (Lipinski definition) is 2. The van der Waals surface area contributed by atoms with E-state index in [4.69, 9.17) is 11.6 Å². The SMILES string of the molecule is Cc1nn(CC(C)C(=O)Nc2c(F)c(F)c(F)c(F)c2F)c(C)c1Cl. The lowest BCUT2D eigenvalue weighted by atomic mass is 10.1. The molecule has 2 rings (SSSR count). The minimum absolute atomic E-state index is 0.000619. The molecule has 0 aliphatic rings. The monoisotopic (exact) mass is 381 g/mol. The molecule has 25 heavy (non-hydrogen) atoms. The fourth-order valence-corrected chi connectivity index (χ4v) is 2.29. The van der Waals surface area contributed by atoms with E-state index in [9.17, 15) is 26.7 Å². The second-order valence-electron chi connectivity index (χ2n) is 5.50. The molecule has 0 aliphatic carbocycles. The van der Waals surface area contributed by atoms with Gasteiger partial charge in [-0.2, -0.15) is 5.10 Å². The van der Waals surface area contributed by atoms with Gasteiger partial charge in [-0.05, 0) is 13.8 Å². The molecule has 1 N–H and O–H groups in total. The summed E-state index contributed by atoms with van der Waals surface area (Å²) < 4.78 is 67.9. The van der Waals surface area contributed by atoms with Crippen LogP contribution in [0.15, 0.2) is 0 Å². The van der Waals surface area contributed by atoms with E-state index in [2.05, 4.69) is 5.10 Å². The number of carbonyl (C=O) groups is 1. The Bertz CT molecular complexity index is 823. The molecule has 1 atom stereocenters. The third-order valence-corrected chi connectivity index (χ3v) is 4.19. The number of aromatic nitrogens is 2. The van der Waals surface area contributed by atoms with E-state index in [1.54, 1.807) is 19.2 Å². The van der Waals surface area contributed by atoms with E-state index in [-0.39, 0.29) is 6.54 Å². The maximum atomic E-state index is 13.6. The number of amides is 1. The van der Waals surface area contributed by atoms with Crippen LogP contribution < -0.4 is 5.32 Å². The van der Waals surface area contributed by atoms with Crippen LogP contribution in [-0.2, 0) is 11.3 Å². The fourth-order valence-electron chi connectivity index (χ4n) is 2.16. The van der Waals surface area contributed by atoms with Crippen molar-refractivity contribution in [1.82, 2.24) is 9.78 Å². The molecule has 10 heteroatoms. The zero-order valence-corrected chi connectivity index (χ0v) is 14.1. The molecule has 0 spiro atoms. The number of aryl methyl sites for hydroxylation is 1. The van der Waals surface area contributed by atoms with Gasteiger partial charge >= 0.3 is 0 Å². The molecular weight excluding hydrogens is 369 g/mol. The number of rotatable bonds is 4. The largest absolute Gasteiger partial charge is 0.321 e. The Morgan fingerprint density at radius 1 is 1.08 bits per heavy atom. The maximum Gasteiger partial charge on any atom is 0.229 e. The molecule has 0 aliphatic heterocycles. The summed E-state index contributed by atoms with van der Waals surface area (Å²) in [6.45, 7) is 4.73. The standard InChI is InChI=1S/C15H13ClF5N3O/c1-5(4-24-7(3)8(16)6(2)23-24)15(25)22-14-12(20)10(18)9(17)11(19)13(14)21/h5H,4H2,1-3H3,(H,22,25). The van der Waals surface area contributed by atoms with Crippen LogP contribution in [-0.4, -0.2) is 15.7 Å². The number of halogens is 6. The van der Waals surface area contributed by atoms with Crippen molar-refractivity contribution in [3.8, 4) is 0 Å². The first-order valence-corrected chi connectivity index (χ1v) is 7.45. The highest BCUT2D eigenvalue weighted by atomic mass is 35.5. The third-order valence-electron chi connectivity index (χ3n) is 3.65. The molecule has 0 saturated carbocycles. The summed E-state index contributed by atoms with van der Waals surface area (Å²) >= 11 is 5.98. The topological polar surface area (TPSA) is 46.9 Å². The van der Waals surface area contributed by atoms with E-state index >= 15 is 0 Å². The first kappa shape index (κ1) is 19.2. The Morgan fingerprint density at radius 3 is 2.00 bits per heavy atom. The van der Waals surface area contributed by atoms with E-state index in [0.29, 0.717) is 16.4 Å². The zero-order chi connectivity index (χ0) is 19.0.